The van der Waals surface area contributed by atoms with E-state index in [1.165, 1.54) is 12.1 Å². The van der Waals surface area contributed by atoms with Gasteiger partial charge in [-0.15, -0.1) is 0 Å². The van der Waals surface area contributed by atoms with Gasteiger partial charge in [-0.05, 0) is 35.9 Å². The van der Waals surface area contributed by atoms with Crippen LogP contribution in [0.25, 0.3) is 11.5 Å². The summed E-state index contributed by atoms with van der Waals surface area (Å²) in [4.78, 5) is 17.9. The molecule has 0 spiro atoms. The third-order valence-electron chi connectivity index (χ3n) is 3.18. The molecule has 3 rings (SSSR count). The SMILES string of the molecule is CC.FC(F)(F)c1cc(Nc2nc(Cl)nc(-c3cccc(C(F)(F)F)n3)n2)ccn1. The third-order valence-corrected chi connectivity index (χ3v) is 3.35. The quantitative estimate of drug-likeness (QED) is 0.509. The first kappa shape index (κ1) is 23.3. The van der Waals surface area contributed by atoms with Gasteiger partial charge in [0.1, 0.15) is 17.1 Å². The Kier molecular flexibility index (Phi) is 7.13. The molecule has 13 heteroatoms. The highest BCUT2D eigenvalue weighted by atomic mass is 35.5. The monoisotopic (exact) mass is 450 g/mol. The van der Waals surface area contributed by atoms with Crippen molar-refractivity contribution in [1.29, 1.82) is 0 Å². The second-order valence-corrected chi connectivity index (χ2v) is 5.55. The second kappa shape index (κ2) is 9.20. The van der Waals surface area contributed by atoms with E-state index in [1.54, 1.807) is 0 Å². The van der Waals surface area contributed by atoms with E-state index in [0.29, 0.717) is 6.07 Å². The molecular weight excluding hydrogens is 438 g/mol. The highest BCUT2D eigenvalue weighted by Gasteiger charge is 2.33. The van der Waals surface area contributed by atoms with E-state index in [0.717, 1.165) is 18.3 Å². The molecule has 0 fully saturated rings. The molecule has 0 amide bonds. The number of anilines is 2. The van der Waals surface area contributed by atoms with Crippen molar-refractivity contribution in [2.24, 2.45) is 0 Å². The molecule has 3 aromatic rings. The predicted octanol–water partition coefficient (Wildman–Crippen LogP) is 5.79. The van der Waals surface area contributed by atoms with Gasteiger partial charge in [0.2, 0.25) is 11.2 Å². The number of rotatable bonds is 3. The van der Waals surface area contributed by atoms with Crippen molar-refractivity contribution < 1.29 is 26.3 Å². The van der Waals surface area contributed by atoms with Crippen molar-refractivity contribution in [2.45, 2.75) is 26.2 Å². The lowest BCUT2D eigenvalue weighted by molar-refractivity contribution is -0.141. The molecule has 0 saturated carbocycles. The Morgan fingerprint density at radius 1 is 0.833 bits per heavy atom. The van der Waals surface area contributed by atoms with Gasteiger partial charge >= 0.3 is 12.4 Å². The van der Waals surface area contributed by atoms with Gasteiger partial charge in [-0.1, -0.05) is 19.9 Å². The molecule has 3 aromatic heterocycles. The average molecular weight is 451 g/mol. The first-order valence-electron chi connectivity index (χ1n) is 8.29. The number of hydrogen-bond acceptors (Lipinski definition) is 6. The fraction of sp³-hybridized carbons (Fsp3) is 0.235. The fourth-order valence-electron chi connectivity index (χ4n) is 2.03. The lowest BCUT2D eigenvalue weighted by Gasteiger charge is -2.10. The summed E-state index contributed by atoms with van der Waals surface area (Å²) < 4.78 is 76.6. The number of nitrogens with one attached hydrogen (secondary N) is 1. The summed E-state index contributed by atoms with van der Waals surface area (Å²) in [5.41, 5.74) is -2.63. The van der Waals surface area contributed by atoms with Crippen molar-refractivity contribution in [3.63, 3.8) is 0 Å². The maximum absolute atomic E-state index is 12.8. The van der Waals surface area contributed by atoms with Crippen LogP contribution in [0.1, 0.15) is 25.2 Å². The minimum absolute atomic E-state index is 0.0625. The molecule has 0 aromatic carbocycles. The average Bonchev–Trinajstić information content (AvgIpc) is 2.68. The zero-order chi connectivity index (χ0) is 22.5. The fourth-order valence-corrected chi connectivity index (χ4v) is 2.19. The molecule has 1 N–H and O–H groups in total. The van der Waals surface area contributed by atoms with Crippen LogP contribution in [-0.2, 0) is 12.4 Å². The zero-order valence-corrected chi connectivity index (χ0v) is 16.1. The lowest BCUT2D eigenvalue weighted by atomic mass is 10.3. The minimum Gasteiger partial charge on any atom is -0.324 e. The van der Waals surface area contributed by atoms with Crippen LogP contribution in [0.5, 0.6) is 0 Å². The maximum Gasteiger partial charge on any atom is 0.433 e. The highest BCUT2D eigenvalue weighted by Crippen LogP contribution is 2.30. The Labute approximate surface area is 171 Å². The number of pyridine rings is 2. The summed E-state index contributed by atoms with van der Waals surface area (Å²) >= 11 is 5.76. The van der Waals surface area contributed by atoms with Crippen LogP contribution >= 0.6 is 11.6 Å². The van der Waals surface area contributed by atoms with E-state index in [4.69, 9.17) is 11.6 Å². The van der Waals surface area contributed by atoms with Crippen molar-refractivity contribution in [3.8, 4) is 11.5 Å². The molecule has 30 heavy (non-hydrogen) atoms. The van der Waals surface area contributed by atoms with Gasteiger partial charge < -0.3 is 5.32 Å². The van der Waals surface area contributed by atoms with Crippen LogP contribution < -0.4 is 5.32 Å². The summed E-state index contributed by atoms with van der Waals surface area (Å²) in [5, 5.41) is 2.08. The van der Waals surface area contributed by atoms with Crippen LogP contribution in [-0.4, -0.2) is 24.9 Å². The molecule has 0 saturated heterocycles. The summed E-state index contributed by atoms with van der Waals surface area (Å²) in [6, 6.07) is 5.02. The maximum atomic E-state index is 12.8. The van der Waals surface area contributed by atoms with Gasteiger partial charge in [0.05, 0.1) is 0 Å². The normalized spacial score (nSPS) is 11.5. The third kappa shape index (κ3) is 5.99. The molecule has 0 aliphatic heterocycles. The van der Waals surface area contributed by atoms with Gasteiger partial charge in [-0.3, -0.25) is 4.98 Å². The minimum atomic E-state index is -4.68. The van der Waals surface area contributed by atoms with Crippen molar-refractivity contribution >= 4 is 23.2 Å². The summed E-state index contributed by atoms with van der Waals surface area (Å²) in [6.45, 7) is 4.00. The topological polar surface area (TPSA) is 76.5 Å². The predicted molar refractivity (Wildman–Crippen MR) is 96.9 cm³/mol. The highest BCUT2D eigenvalue weighted by molar-refractivity contribution is 6.28. The van der Waals surface area contributed by atoms with Gasteiger partial charge in [0.15, 0.2) is 5.82 Å². The van der Waals surface area contributed by atoms with E-state index < -0.39 is 29.0 Å². The summed E-state index contributed by atoms with van der Waals surface area (Å²) in [6.07, 6.45) is -8.43. The summed E-state index contributed by atoms with van der Waals surface area (Å²) in [5.74, 6) is -0.577. The van der Waals surface area contributed by atoms with Crippen LogP contribution in [0.4, 0.5) is 38.0 Å². The molecule has 0 radical (unpaired) electrons. The van der Waals surface area contributed by atoms with E-state index in [9.17, 15) is 26.3 Å². The molecule has 160 valence electrons. The van der Waals surface area contributed by atoms with Gasteiger partial charge in [0, 0.05) is 11.9 Å². The van der Waals surface area contributed by atoms with Gasteiger partial charge in [-0.25, -0.2) is 4.98 Å². The van der Waals surface area contributed by atoms with Crippen LogP contribution in [0.3, 0.4) is 0 Å². The Morgan fingerprint density at radius 2 is 1.50 bits per heavy atom. The molecule has 0 atom stereocenters. The Balaban J connectivity index is 0.00000155. The van der Waals surface area contributed by atoms with Gasteiger partial charge in [0.25, 0.3) is 0 Å². The van der Waals surface area contributed by atoms with Crippen molar-refractivity contribution in [3.05, 3.63) is 53.2 Å². The number of aromatic nitrogens is 5. The molecule has 0 aliphatic carbocycles. The van der Waals surface area contributed by atoms with Crippen molar-refractivity contribution in [1.82, 2.24) is 24.9 Å². The molecule has 0 bridgehead atoms. The van der Waals surface area contributed by atoms with E-state index in [2.05, 4.69) is 30.2 Å². The Morgan fingerprint density at radius 3 is 2.13 bits per heavy atom. The Bertz CT molecular complexity index is 1010. The van der Waals surface area contributed by atoms with E-state index in [1.807, 2.05) is 13.8 Å². The Hall–Kier alpha value is -3.02. The van der Waals surface area contributed by atoms with E-state index >= 15 is 0 Å². The number of alkyl halides is 6. The zero-order valence-electron chi connectivity index (χ0n) is 15.3. The van der Waals surface area contributed by atoms with Crippen LogP contribution in [0.2, 0.25) is 5.28 Å². The molecular formula is C17H13ClF6N6. The van der Waals surface area contributed by atoms with Crippen molar-refractivity contribution in [2.75, 3.05) is 5.32 Å². The first-order valence-corrected chi connectivity index (χ1v) is 8.66. The first-order chi connectivity index (χ1) is 14.0. The van der Waals surface area contributed by atoms with Crippen LogP contribution in [0, 0.1) is 0 Å². The molecule has 0 unspecified atom stereocenters. The summed E-state index contributed by atoms with van der Waals surface area (Å²) in [7, 11) is 0. The lowest BCUT2D eigenvalue weighted by Crippen LogP contribution is -2.10. The van der Waals surface area contributed by atoms with Gasteiger partial charge in [-0.2, -0.15) is 41.3 Å². The second-order valence-electron chi connectivity index (χ2n) is 5.21. The van der Waals surface area contributed by atoms with Crippen LogP contribution in [0.15, 0.2) is 36.5 Å². The van der Waals surface area contributed by atoms with E-state index in [-0.39, 0.29) is 23.2 Å². The molecule has 3 heterocycles. The number of hydrogen-bond donors (Lipinski definition) is 1. The number of nitrogens with zero attached hydrogens (tertiary/aromatic N) is 5. The smallest absolute Gasteiger partial charge is 0.324 e. The standard InChI is InChI=1S/C15H7ClF6N6.C2H6/c16-12-26-11(8-2-1-3-9(25-8)14(17,18)19)27-13(28-12)24-7-4-5-23-10(6-7)15(20,21)22;1-2/h1-6H,(H,23,24,26,27,28);1-2H3. The molecule has 6 nitrogen and oxygen atoms in total. The largest absolute Gasteiger partial charge is 0.433 e. The molecule has 0 aliphatic rings. The number of halogens is 7.